The van der Waals surface area contributed by atoms with E-state index in [-0.39, 0.29) is 10.7 Å². The average Bonchev–Trinajstić information content (AvgIpc) is 2.60. The molecular weight excluding hydrogens is 253 g/mol. The molecule has 0 aliphatic heterocycles. The van der Waals surface area contributed by atoms with E-state index in [2.05, 4.69) is 10.2 Å². The maximum Gasteiger partial charge on any atom is 0.281 e. The summed E-state index contributed by atoms with van der Waals surface area (Å²) in [5.74, 6) is -0.0977. The van der Waals surface area contributed by atoms with Crippen LogP contribution in [0.25, 0.3) is 0 Å². The lowest BCUT2D eigenvalue weighted by Gasteiger charge is -2.03. The summed E-state index contributed by atoms with van der Waals surface area (Å²) in [4.78, 5) is 0.579. The lowest BCUT2D eigenvalue weighted by Crippen LogP contribution is -1.91. The molecule has 4 nitrogen and oxygen atoms in total. The Labute approximate surface area is 100.0 Å². The lowest BCUT2D eigenvalue weighted by molar-refractivity contribution is 0.429. The van der Waals surface area contributed by atoms with Crippen LogP contribution in [-0.4, -0.2) is 10.2 Å². The van der Waals surface area contributed by atoms with Gasteiger partial charge in [-0.1, -0.05) is 11.6 Å². The van der Waals surface area contributed by atoms with Crippen molar-refractivity contribution in [1.29, 1.82) is 0 Å². The highest BCUT2D eigenvalue weighted by Gasteiger charge is 2.11. The summed E-state index contributed by atoms with van der Waals surface area (Å²) < 4.78 is 18.2. The minimum atomic E-state index is -0.551. The lowest BCUT2D eigenvalue weighted by atomic mass is 10.3. The Morgan fingerprint density at radius 1 is 1.44 bits per heavy atom. The second-order valence-electron chi connectivity index (χ2n) is 2.99. The first kappa shape index (κ1) is 11.2. The van der Waals surface area contributed by atoms with Gasteiger partial charge in [-0.05, 0) is 23.9 Å². The van der Waals surface area contributed by atoms with Crippen molar-refractivity contribution in [2.24, 2.45) is 0 Å². The van der Waals surface area contributed by atoms with E-state index in [1.807, 2.05) is 0 Å². The smallest absolute Gasteiger partial charge is 0.281 e. The van der Waals surface area contributed by atoms with Gasteiger partial charge in [-0.25, -0.2) is 4.39 Å². The van der Waals surface area contributed by atoms with Gasteiger partial charge >= 0.3 is 0 Å². The second-order valence-corrected chi connectivity index (χ2v) is 4.39. The van der Waals surface area contributed by atoms with E-state index in [0.29, 0.717) is 16.0 Å². The summed E-state index contributed by atoms with van der Waals surface area (Å²) in [5.41, 5.74) is 5.92. The number of aromatic nitrogens is 2. The highest BCUT2D eigenvalue weighted by Crippen LogP contribution is 2.34. The third-order valence-electron chi connectivity index (χ3n) is 1.76. The first-order valence-corrected chi connectivity index (χ1v) is 5.48. The number of halogens is 2. The van der Waals surface area contributed by atoms with Crippen LogP contribution in [0.2, 0.25) is 5.02 Å². The van der Waals surface area contributed by atoms with Crippen LogP contribution in [0.4, 0.5) is 10.1 Å². The van der Waals surface area contributed by atoms with Crippen molar-refractivity contribution in [3.8, 4) is 0 Å². The number of hydrogen-bond donors (Lipinski definition) is 1. The zero-order valence-electron chi connectivity index (χ0n) is 8.20. The number of nitrogens with two attached hydrogens (primary N) is 1. The predicted octanol–water partition coefficient (Wildman–Crippen LogP) is 2.90. The Balaban J connectivity index is 2.31. The first-order chi connectivity index (χ1) is 7.56. The van der Waals surface area contributed by atoms with Gasteiger partial charge in [0, 0.05) is 17.5 Å². The standard InChI is InChI=1S/C9H7ClFN3OS/c1-4-13-14-9(15-4)16-8-2-5(10)6(11)3-7(8)12/h2-3H,12H2,1H3. The summed E-state index contributed by atoms with van der Waals surface area (Å²) in [7, 11) is 0. The Bertz CT molecular complexity index is 531. The monoisotopic (exact) mass is 259 g/mol. The van der Waals surface area contributed by atoms with E-state index in [0.717, 1.165) is 17.8 Å². The van der Waals surface area contributed by atoms with Gasteiger partial charge in [0.05, 0.1) is 5.02 Å². The van der Waals surface area contributed by atoms with Gasteiger partial charge in [0.1, 0.15) is 5.82 Å². The van der Waals surface area contributed by atoms with Crippen LogP contribution < -0.4 is 5.73 Å². The van der Waals surface area contributed by atoms with E-state index in [4.69, 9.17) is 21.8 Å². The predicted molar refractivity (Wildman–Crippen MR) is 59.0 cm³/mol. The Morgan fingerprint density at radius 3 is 2.81 bits per heavy atom. The Kier molecular flexibility index (Phi) is 3.02. The molecule has 2 N–H and O–H groups in total. The van der Waals surface area contributed by atoms with Crippen molar-refractivity contribution in [2.45, 2.75) is 17.0 Å². The quantitative estimate of drug-likeness (QED) is 0.840. The van der Waals surface area contributed by atoms with Crippen LogP contribution in [-0.2, 0) is 0 Å². The molecule has 84 valence electrons. The minimum absolute atomic E-state index is 0.00735. The molecule has 0 aliphatic carbocycles. The molecule has 7 heteroatoms. The van der Waals surface area contributed by atoms with E-state index >= 15 is 0 Å². The summed E-state index contributed by atoms with van der Waals surface area (Å²) in [6.45, 7) is 1.68. The minimum Gasteiger partial charge on any atom is -0.416 e. The Hall–Kier alpha value is -1.27. The SMILES string of the molecule is Cc1nnc(Sc2cc(Cl)c(F)cc2N)o1. The molecule has 16 heavy (non-hydrogen) atoms. The fourth-order valence-corrected chi connectivity index (χ4v) is 2.06. The van der Waals surface area contributed by atoms with Crippen molar-refractivity contribution in [2.75, 3.05) is 5.73 Å². The van der Waals surface area contributed by atoms with Gasteiger partial charge in [-0.2, -0.15) is 0 Å². The molecule has 1 heterocycles. The third-order valence-corrected chi connectivity index (χ3v) is 2.96. The van der Waals surface area contributed by atoms with Crippen molar-refractivity contribution in [3.05, 3.63) is 28.9 Å². The van der Waals surface area contributed by atoms with Crippen LogP contribution in [0, 0.1) is 12.7 Å². The molecule has 0 bridgehead atoms. The molecule has 0 saturated heterocycles. The number of nitrogen functional groups attached to an aromatic ring is 1. The van der Waals surface area contributed by atoms with E-state index in [9.17, 15) is 4.39 Å². The molecule has 0 aliphatic rings. The van der Waals surface area contributed by atoms with Gasteiger partial charge in [-0.15, -0.1) is 10.2 Å². The molecule has 0 spiro atoms. The van der Waals surface area contributed by atoms with Gasteiger partial charge in [0.25, 0.3) is 5.22 Å². The second kappa shape index (κ2) is 4.31. The number of nitrogens with zero attached hydrogens (tertiary/aromatic N) is 2. The molecular formula is C9H7ClFN3OS. The van der Waals surface area contributed by atoms with Crippen LogP contribution in [0.15, 0.2) is 26.7 Å². The van der Waals surface area contributed by atoms with Crippen molar-refractivity contribution in [3.63, 3.8) is 0 Å². The van der Waals surface area contributed by atoms with Gasteiger partial charge in [0.15, 0.2) is 0 Å². The number of benzene rings is 1. The summed E-state index contributed by atoms with van der Waals surface area (Å²) in [6, 6.07) is 2.59. The Morgan fingerprint density at radius 2 is 2.19 bits per heavy atom. The summed E-state index contributed by atoms with van der Waals surface area (Å²) in [6.07, 6.45) is 0. The highest BCUT2D eigenvalue weighted by molar-refractivity contribution is 7.99. The zero-order chi connectivity index (χ0) is 11.7. The molecule has 0 fully saturated rings. The normalized spacial score (nSPS) is 10.7. The molecule has 0 radical (unpaired) electrons. The van der Waals surface area contributed by atoms with Crippen molar-refractivity contribution < 1.29 is 8.81 Å². The van der Waals surface area contributed by atoms with Gasteiger partial charge < -0.3 is 10.2 Å². The highest BCUT2D eigenvalue weighted by atomic mass is 35.5. The van der Waals surface area contributed by atoms with E-state index < -0.39 is 5.82 Å². The number of rotatable bonds is 2. The summed E-state index contributed by atoms with van der Waals surface area (Å²) in [5, 5.41) is 7.80. The largest absolute Gasteiger partial charge is 0.416 e. The zero-order valence-corrected chi connectivity index (χ0v) is 9.77. The van der Waals surface area contributed by atoms with E-state index in [1.165, 1.54) is 6.07 Å². The molecule has 1 aromatic heterocycles. The van der Waals surface area contributed by atoms with Crippen LogP contribution >= 0.6 is 23.4 Å². The van der Waals surface area contributed by atoms with Gasteiger partial charge in [0.2, 0.25) is 5.89 Å². The van der Waals surface area contributed by atoms with Crippen LogP contribution in [0.5, 0.6) is 0 Å². The average molecular weight is 260 g/mol. The number of anilines is 1. The van der Waals surface area contributed by atoms with E-state index in [1.54, 1.807) is 6.92 Å². The van der Waals surface area contributed by atoms with Crippen molar-refractivity contribution in [1.82, 2.24) is 10.2 Å². The van der Waals surface area contributed by atoms with Crippen LogP contribution in [0.1, 0.15) is 5.89 Å². The molecule has 1 aromatic carbocycles. The maximum absolute atomic E-state index is 13.0. The van der Waals surface area contributed by atoms with Gasteiger partial charge in [-0.3, -0.25) is 0 Å². The molecule has 0 atom stereocenters. The first-order valence-electron chi connectivity index (χ1n) is 4.29. The topological polar surface area (TPSA) is 64.9 Å². The molecule has 2 rings (SSSR count). The molecule has 0 amide bonds. The molecule has 2 aromatic rings. The molecule has 0 unspecified atom stereocenters. The van der Waals surface area contributed by atoms with Crippen LogP contribution in [0.3, 0.4) is 0 Å². The maximum atomic E-state index is 13.0. The third kappa shape index (κ3) is 2.28. The summed E-state index contributed by atoms with van der Waals surface area (Å²) >= 11 is 6.79. The number of aryl methyl sites for hydroxylation is 1. The molecule has 0 saturated carbocycles. The number of hydrogen-bond acceptors (Lipinski definition) is 5. The van der Waals surface area contributed by atoms with Crippen molar-refractivity contribution >= 4 is 29.1 Å². The fourth-order valence-electron chi connectivity index (χ4n) is 1.05. The fraction of sp³-hybridized carbons (Fsp3) is 0.111.